The molecule has 4 N–H and O–H groups in total. The van der Waals surface area contributed by atoms with Gasteiger partial charge in [-0.2, -0.15) is 5.06 Å². The maximum Gasteiger partial charge on any atom is 0.240 e. The van der Waals surface area contributed by atoms with Crippen molar-refractivity contribution in [1.82, 2.24) is 15.7 Å². The number of nitrogens with zero attached hydrogens (tertiary/aromatic N) is 1. The fourth-order valence-electron chi connectivity index (χ4n) is 8.54. The van der Waals surface area contributed by atoms with E-state index in [2.05, 4.69) is 29.4 Å². The average molecular weight is 558 g/mol. The summed E-state index contributed by atoms with van der Waals surface area (Å²) < 4.78 is 0. The Morgan fingerprint density at radius 3 is 2.60 bits per heavy atom. The fraction of sp³-hybridized carbons (Fsp3) is 0.909. The van der Waals surface area contributed by atoms with Gasteiger partial charge in [-0.25, -0.2) is 0 Å². The highest BCUT2D eigenvalue weighted by atomic mass is 16.7. The Balaban J connectivity index is 1.17. The van der Waals surface area contributed by atoms with Gasteiger partial charge in [-0.3, -0.25) is 9.63 Å². The molecule has 2 saturated heterocycles. The molecule has 226 valence electrons. The van der Waals surface area contributed by atoms with E-state index in [0.717, 1.165) is 50.5 Å². The van der Waals surface area contributed by atoms with Crippen LogP contribution in [0.15, 0.2) is 0 Å². The van der Waals surface area contributed by atoms with Crippen LogP contribution in [-0.4, -0.2) is 71.7 Å². The van der Waals surface area contributed by atoms with Crippen LogP contribution < -0.4 is 10.6 Å². The second-order valence-corrected chi connectivity index (χ2v) is 14.0. The third-order valence-corrected chi connectivity index (χ3v) is 11.0. The van der Waals surface area contributed by atoms with Gasteiger partial charge in [0.1, 0.15) is 12.1 Å². The lowest BCUT2D eigenvalue weighted by Gasteiger charge is -2.32. The monoisotopic (exact) mass is 557 g/mol. The van der Waals surface area contributed by atoms with Crippen molar-refractivity contribution in [3.05, 3.63) is 0 Å². The number of aliphatic hydroxyl groups is 2. The molecule has 0 radical (unpaired) electrons. The fourth-order valence-corrected chi connectivity index (χ4v) is 8.54. The van der Waals surface area contributed by atoms with E-state index in [1.165, 1.54) is 51.4 Å². The first kappa shape index (κ1) is 30.3. The van der Waals surface area contributed by atoms with Gasteiger partial charge in [0.25, 0.3) is 0 Å². The molecule has 0 aromatic carbocycles. The Bertz CT molecular complexity index is 879. The first-order valence-electron chi connectivity index (χ1n) is 16.7. The minimum Gasteiger partial charge on any atom is -0.396 e. The molecule has 7 heteroatoms. The lowest BCUT2D eigenvalue weighted by atomic mass is 9.79. The molecule has 0 bridgehead atoms. The Kier molecular flexibility index (Phi) is 10.9. The van der Waals surface area contributed by atoms with Gasteiger partial charge < -0.3 is 20.8 Å². The molecule has 0 aromatic rings. The topological polar surface area (TPSA) is 94.1 Å². The molecule has 5 aliphatic rings. The number of hydrogen-bond acceptors (Lipinski definition) is 6. The Labute approximate surface area is 242 Å². The van der Waals surface area contributed by atoms with E-state index in [1.807, 2.05) is 5.06 Å². The summed E-state index contributed by atoms with van der Waals surface area (Å²) in [7, 11) is 0. The number of aliphatic hydroxyl groups excluding tert-OH is 2. The zero-order valence-electron chi connectivity index (χ0n) is 25.0. The maximum atomic E-state index is 13.6. The third kappa shape index (κ3) is 7.42. The minimum absolute atomic E-state index is 0.0768. The summed E-state index contributed by atoms with van der Waals surface area (Å²) in [6.07, 6.45) is 14.4. The molecule has 2 aliphatic heterocycles. The quantitative estimate of drug-likeness (QED) is 0.339. The molecule has 3 aliphatic carbocycles. The van der Waals surface area contributed by atoms with Crippen molar-refractivity contribution in [3.8, 4) is 11.8 Å². The number of hydroxylamine groups is 2. The van der Waals surface area contributed by atoms with Crippen LogP contribution in [-0.2, 0) is 9.63 Å². The van der Waals surface area contributed by atoms with E-state index in [9.17, 15) is 15.0 Å². The van der Waals surface area contributed by atoms with Gasteiger partial charge in [0, 0.05) is 36.9 Å². The largest absolute Gasteiger partial charge is 0.396 e. The third-order valence-electron chi connectivity index (χ3n) is 11.0. The number of hydrogen-bond donors (Lipinski definition) is 4. The smallest absolute Gasteiger partial charge is 0.240 e. The normalized spacial score (nSPS) is 41.1. The number of nitrogens with one attached hydrogen (secondary N) is 2. The van der Waals surface area contributed by atoms with Crippen LogP contribution in [0.5, 0.6) is 0 Å². The minimum atomic E-state index is -0.756. The molecule has 5 rings (SSSR count). The summed E-state index contributed by atoms with van der Waals surface area (Å²) in [6, 6.07) is 0.0820. The molecule has 1 amide bonds. The van der Waals surface area contributed by atoms with E-state index in [4.69, 9.17) is 4.84 Å². The highest BCUT2D eigenvalue weighted by molar-refractivity contribution is 5.82. The highest BCUT2D eigenvalue weighted by Crippen LogP contribution is 2.37. The molecule has 5 fully saturated rings. The lowest BCUT2D eigenvalue weighted by Crippen LogP contribution is -2.49. The first-order chi connectivity index (χ1) is 19.4. The van der Waals surface area contributed by atoms with Gasteiger partial charge in [-0.05, 0) is 101 Å². The Hall–Kier alpha value is -1.17. The molecule has 40 heavy (non-hydrogen) atoms. The number of rotatable bonds is 8. The van der Waals surface area contributed by atoms with Crippen molar-refractivity contribution < 1.29 is 19.8 Å². The van der Waals surface area contributed by atoms with E-state index < -0.39 is 24.2 Å². The number of amides is 1. The molecule has 3 saturated carbocycles. The van der Waals surface area contributed by atoms with E-state index >= 15 is 0 Å². The zero-order chi connectivity index (χ0) is 28.1. The summed E-state index contributed by atoms with van der Waals surface area (Å²) in [5.41, 5.74) is 0. The van der Waals surface area contributed by atoms with Crippen LogP contribution in [0.2, 0.25) is 0 Å². The number of fused-ring (bicyclic) bond motifs is 1. The Morgan fingerprint density at radius 1 is 1.05 bits per heavy atom. The van der Waals surface area contributed by atoms with Gasteiger partial charge in [0.15, 0.2) is 0 Å². The van der Waals surface area contributed by atoms with Crippen molar-refractivity contribution in [1.29, 1.82) is 0 Å². The summed E-state index contributed by atoms with van der Waals surface area (Å²) in [5.74, 6) is 10.3. The predicted octanol–water partition coefficient (Wildman–Crippen LogP) is 3.88. The zero-order valence-corrected chi connectivity index (χ0v) is 25.0. The maximum absolute atomic E-state index is 13.6. The van der Waals surface area contributed by atoms with Crippen LogP contribution in [0.3, 0.4) is 0 Å². The number of carbonyl (C=O) groups is 1. The standard InChI is InChI=1S/C33H55N3O4/c1-22-10-12-24(13-11-22)14-15-25-6-5-7-26(18-25)20-36-31(29(21-37)32(40-36)23(2)38)33(39)34-17-16-27-19-35-30-9-4-3-8-28(27)30/h22-32,35,37-38H,3-13,16-21H2,1-2H3,(H,34,39)/t22?,23-,24?,25?,26?,27?,28?,29-,30?,31-,32-/m1/s1. The molecule has 0 aromatic heterocycles. The van der Waals surface area contributed by atoms with Gasteiger partial charge in [0.05, 0.1) is 12.7 Å². The van der Waals surface area contributed by atoms with Gasteiger partial charge in [0.2, 0.25) is 5.91 Å². The average Bonchev–Trinajstić information content (AvgIpc) is 3.54. The van der Waals surface area contributed by atoms with Crippen LogP contribution in [0, 0.1) is 53.3 Å². The molecular weight excluding hydrogens is 502 g/mol. The second-order valence-electron chi connectivity index (χ2n) is 14.0. The van der Waals surface area contributed by atoms with E-state index in [1.54, 1.807) is 6.92 Å². The molecule has 2 heterocycles. The van der Waals surface area contributed by atoms with Crippen LogP contribution in [0.25, 0.3) is 0 Å². The van der Waals surface area contributed by atoms with E-state index in [0.29, 0.717) is 42.8 Å². The van der Waals surface area contributed by atoms with E-state index in [-0.39, 0.29) is 12.5 Å². The van der Waals surface area contributed by atoms with Crippen molar-refractivity contribution in [2.24, 2.45) is 41.4 Å². The van der Waals surface area contributed by atoms with Crippen molar-refractivity contribution in [2.75, 3.05) is 26.2 Å². The Morgan fingerprint density at radius 2 is 1.82 bits per heavy atom. The van der Waals surface area contributed by atoms with Crippen LogP contribution in [0.4, 0.5) is 0 Å². The van der Waals surface area contributed by atoms with Crippen molar-refractivity contribution in [2.45, 2.75) is 122 Å². The summed E-state index contributed by atoms with van der Waals surface area (Å²) >= 11 is 0. The van der Waals surface area contributed by atoms with Crippen LogP contribution >= 0.6 is 0 Å². The second kappa shape index (κ2) is 14.3. The van der Waals surface area contributed by atoms with Gasteiger partial charge in [-0.1, -0.05) is 38.0 Å². The molecule has 5 unspecified atom stereocenters. The summed E-state index contributed by atoms with van der Waals surface area (Å²) in [5, 5.41) is 29.4. The molecular formula is C33H55N3O4. The SMILES string of the molecule is CC1CCC(C#CC2CCCC(CN3O[C@H]([C@@H](C)O)[C@H](CO)[C@@H]3C(=O)NCCC3CNC4CCCCC34)C2)CC1. The molecule has 0 spiro atoms. The predicted molar refractivity (Wildman–Crippen MR) is 157 cm³/mol. The van der Waals surface area contributed by atoms with Gasteiger partial charge >= 0.3 is 0 Å². The summed E-state index contributed by atoms with van der Waals surface area (Å²) in [4.78, 5) is 19.8. The van der Waals surface area contributed by atoms with Gasteiger partial charge in [-0.15, -0.1) is 0 Å². The van der Waals surface area contributed by atoms with Crippen molar-refractivity contribution in [3.63, 3.8) is 0 Å². The first-order valence-corrected chi connectivity index (χ1v) is 16.7. The van der Waals surface area contributed by atoms with Crippen molar-refractivity contribution >= 4 is 5.91 Å². The molecule has 9 atom stereocenters. The lowest BCUT2D eigenvalue weighted by molar-refractivity contribution is -0.193. The highest BCUT2D eigenvalue weighted by Gasteiger charge is 2.49. The molecule has 7 nitrogen and oxygen atoms in total. The summed E-state index contributed by atoms with van der Waals surface area (Å²) in [6.45, 7) is 6.21. The van der Waals surface area contributed by atoms with Crippen LogP contribution in [0.1, 0.15) is 97.3 Å². The number of carbonyl (C=O) groups excluding carboxylic acids is 1.